The molecule has 3 rings (SSSR count). The standard InChI is InChI=1S/C22H22N2O3S/c1-3-26-21-13-17(22(25)24-18-7-9-19(28-2)10-8-18)6-11-20(21)27-15-16-5-4-12-23-14-16/h4-14H,3,15H2,1-2H3,(H,24,25). The van der Waals surface area contributed by atoms with E-state index >= 15 is 0 Å². The zero-order chi connectivity index (χ0) is 19.8. The van der Waals surface area contributed by atoms with Gasteiger partial charge in [0.05, 0.1) is 6.61 Å². The molecule has 28 heavy (non-hydrogen) atoms. The number of anilines is 1. The highest BCUT2D eigenvalue weighted by molar-refractivity contribution is 7.98. The van der Waals surface area contributed by atoms with E-state index < -0.39 is 0 Å². The third-order valence-corrected chi connectivity index (χ3v) is 4.71. The smallest absolute Gasteiger partial charge is 0.255 e. The Hall–Kier alpha value is -2.99. The predicted octanol–water partition coefficient (Wildman–Crippen LogP) is 5.03. The van der Waals surface area contributed by atoms with Gasteiger partial charge in [0, 0.05) is 34.1 Å². The van der Waals surface area contributed by atoms with Crippen molar-refractivity contribution in [2.45, 2.75) is 18.4 Å². The highest BCUT2D eigenvalue weighted by atomic mass is 32.2. The highest BCUT2D eigenvalue weighted by Crippen LogP contribution is 2.29. The van der Waals surface area contributed by atoms with Crippen molar-refractivity contribution in [3.8, 4) is 11.5 Å². The minimum absolute atomic E-state index is 0.198. The molecule has 5 nitrogen and oxygen atoms in total. The van der Waals surface area contributed by atoms with E-state index in [1.165, 1.54) is 0 Å². The van der Waals surface area contributed by atoms with Crippen molar-refractivity contribution in [2.75, 3.05) is 18.2 Å². The van der Waals surface area contributed by atoms with Crippen LogP contribution in [0.2, 0.25) is 0 Å². The fourth-order valence-electron chi connectivity index (χ4n) is 2.56. The van der Waals surface area contributed by atoms with Crippen LogP contribution in [0.25, 0.3) is 0 Å². The summed E-state index contributed by atoms with van der Waals surface area (Å²) in [5, 5.41) is 2.90. The molecule has 0 aliphatic heterocycles. The van der Waals surface area contributed by atoms with E-state index in [2.05, 4.69) is 10.3 Å². The van der Waals surface area contributed by atoms with Gasteiger partial charge in [0.1, 0.15) is 6.61 Å². The predicted molar refractivity (Wildman–Crippen MR) is 112 cm³/mol. The van der Waals surface area contributed by atoms with Crippen LogP contribution in [-0.2, 0) is 6.61 Å². The number of carbonyl (C=O) groups excluding carboxylic acids is 1. The number of rotatable bonds is 8. The number of pyridine rings is 1. The molecule has 0 atom stereocenters. The normalized spacial score (nSPS) is 10.4. The summed E-state index contributed by atoms with van der Waals surface area (Å²) in [5.74, 6) is 0.931. The summed E-state index contributed by atoms with van der Waals surface area (Å²) in [6.07, 6.45) is 5.49. The molecular formula is C22H22N2O3S. The molecule has 1 aromatic heterocycles. The third-order valence-electron chi connectivity index (χ3n) is 3.97. The van der Waals surface area contributed by atoms with Gasteiger partial charge in [-0.2, -0.15) is 0 Å². The van der Waals surface area contributed by atoms with E-state index in [1.54, 1.807) is 42.4 Å². The van der Waals surface area contributed by atoms with Gasteiger partial charge in [-0.25, -0.2) is 0 Å². The largest absolute Gasteiger partial charge is 0.490 e. The molecular weight excluding hydrogens is 372 g/mol. The second-order valence-corrected chi connectivity index (χ2v) is 6.81. The molecule has 6 heteroatoms. The molecule has 3 aromatic rings. The molecule has 0 saturated heterocycles. The third kappa shape index (κ3) is 5.27. The molecule has 0 fully saturated rings. The van der Waals surface area contributed by atoms with Crippen LogP contribution in [0.5, 0.6) is 11.5 Å². The van der Waals surface area contributed by atoms with Gasteiger partial charge < -0.3 is 14.8 Å². The first kappa shape index (κ1) is 19.8. The number of thioether (sulfide) groups is 1. The average molecular weight is 394 g/mol. The van der Waals surface area contributed by atoms with Gasteiger partial charge in [-0.3, -0.25) is 9.78 Å². The molecule has 0 aliphatic rings. The van der Waals surface area contributed by atoms with Crippen LogP contribution in [-0.4, -0.2) is 23.8 Å². The van der Waals surface area contributed by atoms with E-state index in [0.717, 1.165) is 16.1 Å². The van der Waals surface area contributed by atoms with Gasteiger partial charge in [0.25, 0.3) is 5.91 Å². The average Bonchev–Trinajstić information content (AvgIpc) is 2.74. The molecule has 144 valence electrons. The molecule has 0 aliphatic carbocycles. The van der Waals surface area contributed by atoms with Crippen LogP contribution in [0, 0.1) is 0 Å². The minimum atomic E-state index is -0.198. The Kier molecular flexibility index (Phi) is 6.92. The maximum atomic E-state index is 12.6. The van der Waals surface area contributed by atoms with Crippen molar-refractivity contribution in [3.05, 3.63) is 78.1 Å². The zero-order valence-corrected chi connectivity index (χ0v) is 16.7. The first-order valence-corrected chi connectivity index (χ1v) is 10.2. The molecule has 2 aromatic carbocycles. The Morgan fingerprint density at radius 1 is 1.07 bits per heavy atom. The summed E-state index contributed by atoms with van der Waals surface area (Å²) < 4.78 is 11.5. The maximum Gasteiger partial charge on any atom is 0.255 e. The number of aromatic nitrogens is 1. The number of ether oxygens (including phenoxy) is 2. The van der Waals surface area contributed by atoms with E-state index in [4.69, 9.17) is 9.47 Å². The van der Waals surface area contributed by atoms with Crippen molar-refractivity contribution in [2.24, 2.45) is 0 Å². The van der Waals surface area contributed by atoms with Crippen LogP contribution < -0.4 is 14.8 Å². The Balaban J connectivity index is 1.72. The van der Waals surface area contributed by atoms with Crippen LogP contribution in [0.1, 0.15) is 22.8 Å². The number of hydrogen-bond donors (Lipinski definition) is 1. The summed E-state index contributed by atoms with van der Waals surface area (Å²) in [5.41, 5.74) is 2.21. The van der Waals surface area contributed by atoms with E-state index in [9.17, 15) is 4.79 Å². The number of hydrogen-bond acceptors (Lipinski definition) is 5. The van der Waals surface area contributed by atoms with Gasteiger partial charge in [0.15, 0.2) is 11.5 Å². The van der Waals surface area contributed by atoms with Gasteiger partial charge in [0.2, 0.25) is 0 Å². The molecule has 0 radical (unpaired) electrons. The van der Waals surface area contributed by atoms with Gasteiger partial charge in [-0.1, -0.05) is 6.07 Å². The molecule has 0 saturated carbocycles. The van der Waals surface area contributed by atoms with Crippen molar-refractivity contribution in [1.82, 2.24) is 4.98 Å². The molecule has 1 amide bonds. The van der Waals surface area contributed by atoms with Crippen molar-refractivity contribution in [1.29, 1.82) is 0 Å². The highest BCUT2D eigenvalue weighted by Gasteiger charge is 2.12. The second-order valence-electron chi connectivity index (χ2n) is 5.93. The fourth-order valence-corrected chi connectivity index (χ4v) is 2.97. The van der Waals surface area contributed by atoms with Crippen LogP contribution in [0.15, 0.2) is 71.9 Å². The fraction of sp³-hybridized carbons (Fsp3) is 0.182. The van der Waals surface area contributed by atoms with Gasteiger partial charge in [-0.05, 0) is 61.7 Å². The second kappa shape index (κ2) is 9.80. The molecule has 0 spiro atoms. The monoisotopic (exact) mass is 394 g/mol. The molecule has 0 unspecified atom stereocenters. The van der Waals surface area contributed by atoms with Crippen molar-refractivity contribution < 1.29 is 14.3 Å². The number of benzene rings is 2. The summed E-state index contributed by atoms with van der Waals surface area (Å²) in [6, 6.07) is 16.7. The Morgan fingerprint density at radius 2 is 1.89 bits per heavy atom. The lowest BCUT2D eigenvalue weighted by Gasteiger charge is -2.13. The maximum absolute atomic E-state index is 12.6. The van der Waals surface area contributed by atoms with Gasteiger partial charge in [-0.15, -0.1) is 11.8 Å². The first-order valence-electron chi connectivity index (χ1n) is 8.93. The summed E-state index contributed by atoms with van der Waals surface area (Å²) in [6.45, 7) is 2.75. The number of nitrogens with one attached hydrogen (secondary N) is 1. The number of nitrogens with zero attached hydrogens (tertiary/aromatic N) is 1. The molecule has 1 N–H and O–H groups in total. The van der Waals surface area contributed by atoms with Crippen LogP contribution in [0.4, 0.5) is 5.69 Å². The van der Waals surface area contributed by atoms with Crippen molar-refractivity contribution >= 4 is 23.4 Å². The SMILES string of the molecule is CCOc1cc(C(=O)Nc2ccc(SC)cc2)ccc1OCc1cccnc1. The van der Waals surface area contributed by atoms with Crippen LogP contribution in [0.3, 0.4) is 0 Å². The van der Waals surface area contributed by atoms with E-state index in [1.807, 2.05) is 49.6 Å². The van der Waals surface area contributed by atoms with E-state index in [0.29, 0.717) is 30.3 Å². The summed E-state index contributed by atoms with van der Waals surface area (Å²) in [7, 11) is 0. The first-order chi connectivity index (χ1) is 13.7. The summed E-state index contributed by atoms with van der Waals surface area (Å²) >= 11 is 1.66. The van der Waals surface area contributed by atoms with E-state index in [-0.39, 0.29) is 5.91 Å². The van der Waals surface area contributed by atoms with Crippen molar-refractivity contribution in [3.63, 3.8) is 0 Å². The Bertz CT molecular complexity index is 915. The lowest BCUT2D eigenvalue weighted by molar-refractivity contribution is 0.102. The quantitative estimate of drug-likeness (QED) is 0.543. The minimum Gasteiger partial charge on any atom is -0.490 e. The Labute approximate surface area is 169 Å². The lowest BCUT2D eigenvalue weighted by atomic mass is 10.1. The van der Waals surface area contributed by atoms with Gasteiger partial charge >= 0.3 is 0 Å². The topological polar surface area (TPSA) is 60.5 Å². The summed E-state index contributed by atoms with van der Waals surface area (Å²) in [4.78, 5) is 17.8. The number of amides is 1. The zero-order valence-electron chi connectivity index (χ0n) is 15.8. The molecule has 1 heterocycles. The number of carbonyl (C=O) groups is 1. The molecule has 0 bridgehead atoms. The van der Waals surface area contributed by atoms with Crippen LogP contribution >= 0.6 is 11.8 Å². The Morgan fingerprint density at radius 3 is 2.57 bits per heavy atom. The lowest BCUT2D eigenvalue weighted by Crippen LogP contribution is -2.12.